The van der Waals surface area contributed by atoms with Crippen LogP contribution in [0.2, 0.25) is 0 Å². The van der Waals surface area contributed by atoms with E-state index in [2.05, 4.69) is 41.5 Å². The van der Waals surface area contributed by atoms with Crippen LogP contribution in [-0.2, 0) is 65.4 Å². The van der Waals surface area contributed by atoms with Gasteiger partial charge in [0.25, 0.3) is 0 Å². The molecule has 0 aliphatic heterocycles. The number of carbonyl (C=O) groups excluding carboxylic acids is 4. The quantitative estimate of drug-likeness (QED) is 0.0222. The molecule has 3 unspecified atom stereocenters. The normalized spacial score (nSPS) is 14.3. The SMILES string of the molecule is CCCCCCCCCCCCCCCCCCCCCC(=O)O[C@H](COC(=O)CCCCCCCCCCCCC(C)CC)COP(=O)(O)OC[C@@H](O)COP(=O)(O)OC[C@@H](COC(=O)CCCCCCCCCCCC)OC(=O)CCCCCCCCCC(C)C. The van der Waals surface area contributed by atoms with Crippen LogP contribution in [-0.4, -0.2) is 96.7 Å². The highest BCUT2D eigenvalue weighted by Crippen LogP contribution is 2.45. The molecule has 0 saturated heterocycles. The summed E-state index contributed by atoms with van der Waals surface area (Å²) in [4.78, 5) is 72.7. The Morgan fingerprint density at radius 2 is 0.548 bits per heavy atom. The minimum Gasteiger partial charge on any atom is -0.462 e. The molecule has 93 heavy (non-hydrogen) atoms. The summed E-state index contributed by atoms with van der Waals surface area (Å²) in [5.41, 5.74) is 0. The van der Waals surface area contributed by atoms with E-state index in [1.54, 1.807) is 0 Å². The van der Waals surface area contributed by atoms with Crippen molar-refractivity contribution in [2.24, 2.45) is 11.8 Å². The van der Waals surface area contributed by atoms with Gasteiger partial charge in [-0.25, -0.2) is 9.13 Å². The van der Waals surface area contributed by atoms with Crippen molar-refractivity contribution in [1.29, 1.82) is 0 Å². The molecule has 0 amide bonds. The number of aliphatic hydroxyl groups is 1. The number of phosphoric acid groups is 2. The molecular weight excluding hydrogens is 1220 g/mol. The number of rotatable bonds is 73. The Labute approximate surface area is 568 Å². The topological polar surface area (TPSA) is 237 Å². The minimum absolute atomic E-state index is 0.104. The maximum Gasteiger partial charge on any atom is 0.472 e. The monoisotopic (exact) mass is 1370 g/mol. The first-order valence-electron chi connectivity index (χ1n) is 38.5. The van der Waals surface area contributed by atoms with Crippen LogP contribution in [0.5, 0.6) is 0 Å². The zero-order chi connectivity index (χ0) is 68.6. The zero-order valence-electron chi connectivity index (χ0n) is 60.6. The molecule has 17 nitrogen and oxygen atoms in total. The van der Waals surface area contributed by atoms with E-state index in [0.717, 1.165) is 95.8 Å². The molecule has 0 aromatic rings. The van der Waals surface area contributed by atoms with Crippen molar-refractivity contribution in [3.05, 3.63) is 0 Å². The second kappa shape index (κ2) is 66.0. The van der Waals surface area contributed by atoms with Gasteiger partial charge in [-0.1, -0.05) is 330 Å². The molecule has 19 heteroatoms. The summed E-state index contributed by atoms with van der Waals surface area (Å²) in [6.45, 7) is 9.54. The average Bonchev–Trinajstić information content (AvgIpc) is 2.21. The van der Waals surface area contributed by atoms with Crippen LogP contribution in [0.25, 0.3) is 0 Å². The van der Waals surface area contributed by atoms with Gasteiger partial charge in [0, 0.05) is 25.7 Å². The van der Waals surface area contributed by atoms with Crippen LogP contribution in [0.1, 0.15) is 382 Å². The molecule has 0 aromatic heterocycles. The highest BCUT2D eigenvalue weighted by atomic mass is 31.2. The van der Waals surface area contributed by atoms with Gasteiger partial charge in [0.1, 0.15) is 19.3 Å². The van der Waals surface area contributed by atoms with Gasteiger partial charge in [-0.2, -0.15) is 0 Å². The number of hydrogen-bond acceptors (Lipinski definition) is 15. The first-order chi connectivity index (χ1) is 44.9. The zero-order valence-corrected chi connectivity index (χ0v) is 62.3. The average molecular weight is 1370 g/mol. The van der Waals surface area contributed by atoms with Gasteiger partial charge in [0.05, 0.1) is 26.4 Å². The Kier molecular flexibility index (Phi) is 64.6. The molecule has 0 radical (unpaired) electrons. The molecule has 0 aliphatic rings. The third-order valence-corrected chi connectivity index (χ3v) is 19.5. The summed E-state index contributed by atoms with van der Waals surface area (Å²) < 4.78 is 68.4. The van der Waals surface area contributed by atoms with Crippen molar-refractivity contribution >= 4 is 39.5 Å². The van der Waals surface area contributed by atoms with Gasteiger partial charge < -0.3 is 33.8 Å². The molecule has 3 N–H and O–H groups in total. The smallest absolute Gasteiger partial charge is 0.462 e. The molecule has 0 fully saturated rings. The van der Waals surface area contributed by atoms with Crippen molar-refractivity contribution in [1.82, 2.24) is 0 Å². The molecule has 0 aliphatic carbocycles. The van der Waals surface area contributed by atoms with Gasteiger partial charge in [-0.05, 0) is 37.5 Å². The number of hydrogen-bond donors (Lipinski definition) is 3. The van der Waals surface area contributed by atoms with Crippen molar-refractivity contribution in [3.8, 4) is 0 Å². The lowest BCUT2D eigenvalue weighted by Crippen LogP contribution is -2.30. The van der Waals surface area contributed by atoms with Crippen LogP contribution in [0.3, 0.4) is 0 Å². The summed E-state index contributed by atoms with van der Waals surface area (Å²) in [7, 11) is -9.90. The Balaban J connectivity index is 5.22. The molecule has 0 aromatic carbocycles. The second-order valence-electron chi connectivity index (χ2n) is 27.4. The Hall–Kier alpha value is -1.94. The van der Waals surface area contributed by atoms with E-state index < -0.39 is 97.5 Å². The lowest BCUT2D eigenvalue weighted by atomic mass is 9.99. The van der Waals surface area contributed by atoms with Crippen molar-refractivity contribution in [2.45, 2.75) is 400 Å². The van der Waals surface area contributed by atoms with E-state index >= 15 is 0 Å². The van der Waals surface area contributed by atoms with Crippen LogP contribution >= 0.6 is 15.6 Å². The Morgan fingerprint density at radius 3 is 0.817 bits per heavy atom. The van der Waals surface area contributed by atoms with Gasteiger partial charge in [0.2, 0.25) is 0 Å². The van der Waals surface area contributed by atoms with Crippen molar-refractivity contribution < 1.29 is 80.2 Å². The molecule has 552 valence electrons. The van der Waals surface area contributed by atoms with Crippen molar-refractivity contribution in [2.75, 3.05) is 39.6 Å². The highest BCUT2D eigenvalue weighted by molar-refractivity contribution is 7.47. The fourth-order valence-corrected chi connectivity index (χ4v) is 12.8. The molecule has 0 spiro atoms. The van der Waals surface area contributed by atoms with Crippen LogP contribution in [0.4, 0.5) is 0 Å². The number of aliphatic hydroxyl groups excluding tert-OH is 1. The first-order valence-corrected chi connectivity index (χ1v) is 41.5. The summed E-state index contributed by atoms with van der Waals surface area (Å²) in [5.74, 6) is -0.616. The Bertz CT molecular complexity index is 1810. The first kappa shape index (κ1) is 91.1. The van der Waals surface area contributed by atoms with E-state index in [1.165, 1.54) is 199 Å². The summed E-state index contributed by atoms with van der Waals surface area (Å²) in [6.07, 6.45) is 52.8. The number of carbonyl (C=O) groups is 4. The van der Waals surface area contributed by atoms with E-state index in [1.807, 2.05) is 0 Å². The van der Waals surface area contributed by atoms with E-state index in [0.29, 0.717) is 31.6 Å². The van der Waals surface area contributed by atoms with E-state index in [4.69, 9.17) is 37.0 Å². The van der Waals surface area contributed by atoms with Gasteiger partial charge in [-0.15, -0.1) is 0 Å². The number of ether oxygens (including phenoxy) is 4. The van der Waals surface area contributed by atoms with Crippen LogP contribution in [0, 0.1) is 11.8 Å². The highest BCUT2D eigenvalue weighted by Gasteiger charge is 2.30. The third kappa shape index (κ3) is 67.0. The molecule has 0 rings (SSSR count). The maximum absolute atomic E-state index is 13.1. The largest absolute Gasteiger partial charge is 0.472 e. The third-order valence-electron chi connectivity index (χ3n) is 17.6. The Morgan fingerprint density at radius 1 is 0.312 bits per heavy atom. The fourth-order valence-electron chi connectivity index (χ4n) is 11.3. The molecule has 0 saturated carbocycles. The molecule has 6 atom stereocenters. The van der Waals surface area contributed by atoms with Gasteiger partial charge in [0.15, 0.2) is 12.2 Å². The van der Waals surface area contributed by atoms with Gasteiger partial charge in [-0.3, -0.25) is 37.3 Å². The molecule has 0 bridgehead atoms. The summed E-state index contributed by atoms with van der Waals surface area (Å²) in [6, 6.07) is 0. The maximum atomic E-state index is 13.1. The van der Waals surface area contributed by atoms with Crippen LogP contribution < -0.4 is 0 Å². The van der Waals surface area contributed by atoms with E-state index in [-0.39, 0.29) is 25.7 Å². The van der Waals surface area contributed by atoms with Crippen molar-refractivity contribution in [3.63, 3.8) is 0 Å². The standard InChI is InChI=1S/C74H144O17P2/c1-7-10-12-14-16-18-20-21-22-23-24-25-26-27-28-34-40-46-52-58-73(78)90-69(62-85-72(77)57-51-45-39-33-30-29-31-37-43-49-55-67(6)9-3)64-88-92(80,81)86-60-68(75)61-87-93(82,83)89-65-70(91-74(79)59-53-47-41-35-36-42-48-54-66(4)5)63-84-71(76)56-50-44-38-32-19-17-15-13-11-8-2/h66-70,75H,7-65H2,1-6H3,(H,80,81)(H,82,83)/t67?,68-,69-,70-/m1/s1. The lowest BCUT2D eigenvalue weighted by molar-refractivity contribution is -0.161. The molecular formula is C74H144O17P2. The second-order valence-corrected chi connectivity index (χ2v) is 30.3. The predicted molar refractivity (Wildman–Crippen MR) is 377 cm³/mol. The number of esters is 4. The summed E-state index contributed by atoms with van der Waals surface area (Å²) >= 11 is 0. The predicted octanol–water partition coefficient (Wildman–Crippen LogP) is 21.6. The summed E-state index contributed by atoms with van der Waals surface area (Å²) in [5, 5.41) is 10.6. The minimum atomic E-state index is -4.96. The van der Waals surface area contributed by atoms with Crippen LogP contribution in [0.15, 0.2) is 0 Å². The number of unbranched alkanes of at least 4 members (excludes halogenated alkanes) is 42. The van der Waals surface area contributed by atoms with E-state index in [9.17, 15) is 43.2 Å². The lowest BCUT2D eigenvalue weighted by Gasteiger charge is -2.21. The number of phosphoric ester groups is 2. The fraction of sp³-hybridized carbons (Fsp3) is 0.946. The van der Waals surface area contributed by atoms with Gasteiger partial charge >= 0.3 is 39.5 Å². The molecule has 0 heterocycles.